The van der Waals surface area contributed by atoms with E-state index in [1.165, 1.54) is 35.2 Å². The molecule has 1 heterocycles. The molecular weight excluding hydrogens is 390 g/mol. The molecule has 0 unspecified atom stereocenters. The number of rotatable bonds is 5. The van der Waals surface area contributed by atoms with Gasteiger partial charge in [-0.05, 0) is 54.6 Å². The van der Waals surface area contributed by atoms with Gasteiger partial charge in [0.1, 0.15) is 11.6 Å². The van der Waals surface area contributed by atoms with Crippen molar-refractivity contribution in [3.8, 4) is 0 Å². The van der Waals surface area contributed by atoms with Crippen LogP contribution in [0.4, 0.5) is 14.5 Å². The van der Waals surface area contributed by atoms with Crippen LogP contribution in [0.2, 0.25) is 0 Å². The minimum Gasteiger partial charge on any atom is -0.306 e. The second-order valence-corrected chi connectivity index (χ2v) is 6.75. The van der Waals surface area contributed by atoms with Crippen LogP contribution in [-0.2, 0) is 0 Å². The first kappa shape index (κ1) is 19.4. The number of imide groups is 1. The minimum atomic E-state index is -0.537. The number of amides is 3. The molecule has 7 heteroatoms. The van der Waals surface area contributed by atoms with Crippen LogP contribution < -0.4 is 4.90 Å². The number of nitrogens with zero attached hydrogens (tertiary/aromatic N) is 2. The smallest absolute Gasteiger partial charge is 0.261 e. The van der Waals surface area contributed by atoms with Crippen molar-refractivity contribution >= 4 is 23.4 Å². The molecule has 3 aromatic rings. The summed E-state index contributed by atoms with van der Waals surface area (Å²) in [5, 5.41) is 0. The lowest BCUT2D eigenvalue weighted by molar-refractivity contribution is 0.0654. The van der Waals surface area contributed by atoms with Gasteiger partial charge in [-0.3, -0.25) is 19.3 Å². The lowest BCUT2D eigenvalue weighted by atomic mass is 10.1. The van der Waals surface area contributed by atoms with Crippen LogP contribution in [0, 0.1) is 11.6 Å². The molecule has 1 aliphatic rings. The average molecular weight is 406 g/mol. The molecule has 0 N–H and O–H groups in total. The topological polar surface area (TPSA) is 57.7 Å². The van der Waals surface area contributed by atoms with Gasteiger partial charge >= 0.3 is 0 Å². The molecule has 0 radical (unpaired) electrons. The molecule has 1 aliphatic heterocycles. The summed E-state index contributed by atoms with van der Waals surface area (Å²) in [6.45, 7) is -0.124. The van der Waals surface area contributed by atoms with E-state index in [4.69, 9.17) is 0 Å². The first-order chi connectivity index (χ1) is 14.5. The number of benzene rings is 3. The van der Waals surface area contributed by atoms with Gasteiger partial charge < -0.3 is 4.90 Å². The average Bonchev–Trinajstić information content (AvgIpc) is 2.99. The third-order valence-corrected chi connectivity index (χ3v) is 4.88. The van der Waals surface area contributed by atoms with E-state index in [0.717, 1.165) is 17.0 Å². The van der Waals surface area contributed by atoms with Crippen molar-refractivity contribution in [1.82, 2.24) is 4.90 Å². The Kier molecular flexibility index (Phi) is 5.10. The summed E-state index contributed by atoms with van der Waals surface area (Å²) in [6, 6.07) is 16.9. The predicted octanol–water partition coefficient (Wildman–Crippen LogP) is 3.91. The highest BCUT2D eigenvalue weighted by atomic mass is 19.1. The maximum Gasteiger partial charge on any atom is 0.261 e. The van der Waals surface area contributed by atoms with Crippen LogP contribution in [0.1, 0.15) is 31.1 Å². The van der Waals surface area contributed by atoms with Gasteiger partial charge in [-0.15, -0.1) is 0 Å². The Bertz CT molecular complexity index is 1110. The van der Waals surface area contributed by atoms with Gasteiger partial charge in [-0.1, -0.05) is 18.2 Å². The van der Waals surface area contributed by atoms with Gasteiger partial charge in [0.25, 0.3) is 17.7 Å². The zero-order chi connectivity index (χ0) is 21.3. The maximum atomic E-state index is 13.8. The van der Waals surface area contributed by atoms with Gasteiger partial charge in [0.15, 0.2) is 0 Å². The van der Waals surface area contributed by atoms with Gasteiger partial charge in [-0.2, -0.15) is 0 Å². The van der Waals surface area contributed by atoms with Gasteiger partial charge in [0.05, 0.1) is 11.1 Å². The first-order valence-electron chi connectivity index (χ1n) is 9.24. The maximum absolute atomic E-state index is 13.8. The molecule has 3 amide bonds. The van der Waals surface area contributed by atoms with Gasteiger partial charge in [0.2, 0.25) is 0 Å². The van der Waals surface area contributed by atoms with E-state index >= 15 is 0 Å². The summed E-state index contributed by atoms with van der Waals surface area (Å²) in [6.07, 6.45) is 0. The fourth-order valence-electron chi connectivity index (χ4n) is 3.38. The number of carbonyl (C=O) groups is 3. The van der Waals surface area contributed by atoms with Crippen molar-refractivity contribution in [2.24, 2.45) is 0 Å². The van der Waals surface area contributed by atoms with Crippen LogP contribution in [0.5, 0.6) is 0 Å². The zero-order valence-electron chi connectivity index (χ0n) is 15.7. The Morgan fingerprint density at radius 3 is 2.03 bits per heavy atom. The molecule has 0 aromatic heterocycles. The summed E-state index contributed by atoms with van der Waals surface area (Å²) in [4.78, 5) is 40.6. The third kappa shape index (κ3) is 3.57. The van der Waals surface area contributed by atoms with Crippen molar-refractivity contribution in [1.29, 1.82) is 0 Å². The highest BCUT2D eigenvalue weighted by Gasteiger charge is 2.35. The van der Waals surface area contributed by atoms with E-state index in [1.54, 1.807) is 30.3 Å². The highest BCUT2D eigenvalue weighted by molar-refractivity contribution is 6.21. The monoisotopic (exact) mass is 406 g/mol. The van der Waals surface area contributed by atoms with Crippen molar-refractivity contribution < 1.29 is 23.2 Å². The normalized spacial score (nSPS) is 12.8. The van der Waals surface area contributed by atoms with Gasteiger partial charge in [0, 0.05) is 24.3 Å². The van der Waals surface area contributed by atoms with Crippen molar-refractivity contribution in [2.75, 3.05) is 18.0 Å². The second kappa shape index (κ2) is 7.87. The zero-order valence-corrected chi connectivity index (χ0v) is 15.7. The number of hydrogen-bond acceptors (Lipinski definition) is 3. The standard InChI is InChI=1S/C23H16F2N2O3/c24-16-10-8-15(9-11-16)21(28)26(18-5-3-4-17(25)14-18)12-13-27-22(29)19-6-1-2-7-20(19)23(27)30/h1-11,14H,12-13H2. The predicted molar refractivity (Wildman–Crippen MR) is 106 cm³/mol. The molecule has 0 bridgehead atoms. The van der Waals surface area contributed by atoms with Crippen LogP contribution in [0.15, 0.2) is 72.8 Å². The van der Waals surface area contributed by atoms with Gasteiger partial charge in [-0.25, -0.2) is 8.78 Å². The fraction of sp³-hybridized carbons (Fsp3) is 0.0870. The largest absolute Gasteiger partial charge is 0.306 e. The van der Waals surface area contributed by atoms with E-state index in [1.807, 2.05) is 0 Å². The molecule has 0 saturated heterocycles. The Labute approximate surface area is 171 Å². The number of anilines is 1. The quantitative estimate of drug-likeness (QED) is 0.604. The van der Waals surface area contributed by atoms with Crippen molar-refractivity contribution in [3.05, 3.63) is 101 Å². The fourth-order valence-corrected chi connectivity index (χ4v) is 3.38. The van der Waals surface area contributed by atoms with Crippen molar-refractivity contribution in [3.63, 3.8) is 0 Å². The van der Waals surface area contributed by atoms with E-state index in [2.05, 4.69) is 0 Å². The SMILES string of the molecule is O=C1c2ccccc2C(=O)N1CCN(C(=O)c1ccc(F)cc1)c1cccc(F)c1. The van der Waals surface area contributed by atoms with Crippen molar-refractivity contribution in [2.45, 2.75) is 0 Å². The van der Waals surface area contributed by atoms with Crippen LogP contribution in [0.3, 0.4) is 0 Å². The van der Waals surface area contributed by atoms with Crippen LogP contribution >= 0.6 is 0 Å². The Morgan fingerprint density at radius 1 is 0.800 bits per heavy atom. The number of halogens is 2. The number of hydrogen-bond donors (Lipinski definition) is 0. The summed E-state index contributed by atoms with van der Waals surface area (Å²) < 4.78 is 27.0. The van der Waals surface area contributed by atoms with E-state index in [0.29, 0.717) is 11.1 Å². The molecule has 4 rings (SSSR count). The van der Waals surface area contributed by atoms with E-state index in [9.17, 15) is 23.2 Å². The Hall–Kier alpha value is -3.87. The third-order valence-electron chi connectivity index (χ3n) is 4.88. The number of fused-ring (bicyclic) bond motifs is 1. The molecule has 150 valence electrons. The molecule has 3 aromatic carbocycles. The first-order valence-corrected chi connectivity index (χ1v) is 9.24. The highest BCUT2D eigenvalue weighted by Crippen LogP contribution is 2.24. The Balaban J connectivity index is 1.61. The van der Waals surface area contributed by atoms with Crippen LogP contribution in [-0.4, -0.2) is 35.7 Å². The lowest BCUT2D eigenvalue weighted by Crippen LogP contribution is -2.41. The summed E-state index contributed by atoms with van der Waals surface area (Å²) in [5.74, 6) is -2.41. The Morgan fingerprint density at radius 2 is 1.43 bits per heavy atom. The molecule has 30 heavy (non-hydrogen) atoms. The van der Waals surface area contributed by atoms with E-state index in [-0.39, 0.29) is 24.3 Å². The summed E-state index contributed by atoms with van der Waals surface area (Å²) in [5.41, 5.74) is 1.08. The van der Waals surface area contributed by atoms with Crippen LogP contribution in [0.25, 0.3) is 0 Å². The molecule has 0 fully saturated rings. The van der Waals surface area contributed by atoms with E-state index < -0.39 is 29.4 Å². The lowest BCUT2D eigenvalue weighted by Gasteiger charge is -2.25. The minimum absolute atomic E-state index is 0.0505. The molecule has 0 atom stereocenters. The summed E-state index contributed by atoms with van der Waals surface area (Å²) >= 11 is 0. The second-order valence-electron chi connectivity index (χ2n) is 6.75. The molecule has 0 saturated carbocycles. The molecule has 0 aliphatic carbocycles. The molecule has 0 spiro atoms. The summed E-state index contributed by atoms with van der Waals surface area (Å²) in [7, 11) is 0. The molecular formula is C23H16F2N2O3. The molecule has 5 nitrogen and oxygen atoms in total. The number of carbonyl (C=O) groups excluding carboxylic acids is 3.